The number of aliphatic hydroxyl groups excluding tert-OH is 1. The number of rotatable bonds is 4. The van der Waals surface area contributed by atoms with Crippen LogP contribution in [0.3, 0.4) is 0 Å². The first-order chi connectivity index (χ1) is 7.43. The summed E-state index contributed by atoms with van der Waals surface area (Å²) in [7, 11) is 0. The molecule has 2 unspecified atom stereocenters. The minimum Gasteiger partial charge on any atom is -0.396 e. The van der Waals surface area contributed by atoms with Crippen molar-refractivity contribution in [2.45, 2.75) is 52.0 Å². The summed E-state index contributed by atoms with van der Waals surface area (Å²) in [6.45, 7) is 7.62. The number of nitrogens with zero attached hydrogens (tertiary/aromatic N) is 1. The van der Waals surface area contributed by atoms with Crippen LogP contribution in [0.5, 0.6) is 0 Å². The lowest BCUT2D eigenvalue weighted by atomic mass is 9.65. The maximum Gasteiger partial charge on any atom is 0.107 e. The standard InChI is InChI=1S/C13H24N2O/c1-11-7-12(2,3)9-13(8-11,10-14)15-5-4-6-16/h11,15-16H,4-9H2,1-3H3. The van der Waals surface area contributed by atoms with Gasteiger partial charge in [0.1, 0.15) is 5.54 Å². The van der Waals surface area contributed by atoms with E-state index in [1.165, 1.54) is 6.42 Å². The van der Waals surface area contributed by atoms with Crippen LogP contribution in [0.4, 0.5) is 0 Å². The molecule has 16 heavy (non-hydrogen) atoms. The number of hydrogen-bond donors (Lipinski definition) is 2. The summed E-state index contributed by atoms with van der Waals surface area (Å²) < 4.78 is 0. The van der Waals surface area contributed by atoms with Crippen LogP contribution >= 0.6 is 0 Å². The Kier molecular flexibility index (Phi) is 4.35. The van der Waals surface area contributed by atoms with Crippen LogP contribution in [0.25, 0.3) is 0 Å². The normalized spacial score (nSPS) is 33.3. The first kappa shape index (κ1) is 13.5. The van der Waals surface area contributed by atoms with Gasteiger partial charge in [0.25, 0.3) is 0 Å². The van der Waals surface area contributed by atoms with Crippen LogP contribution in [-0.2, 0) is 0 Å². The van der Waals surface area contributed by atoms with Gasteiger partial charge >= 0.3 is 0 Å². The van der Waals surface area contributed by atoms with Crippen molar-refractivity contribution in [1.82, 2.24) is 5.32 Å². The van der Waals surface area contributed by atoms with Crippen molar-refractivity contribution in [3.05, 3.63) is 0 Å². The molecule has 0 aromatic carbocycles. The Morgan fingerprint density at radius 1 is 1.44 bits per heavy atom. The van der Waals surface area contributed by atoms with Gasteiger partial charge in [0.2, 0.25) is 0 Å². The zero-order valence-corrected chi connectivity index (χ0v) is 10.7. The SMILES string of the molecule is CC1CC(C)(C)CC(C#N)(NCCCO)C1. The molecule has 2 N–H and O–H groups in total. The maximum atomic E-state index is 9.42. The Bertz CT molecular complexity index is 270. The fraction of sp³-hybridized carbons (Fsp3) is 0.923. The molecule has 0 bridgehead atoms. The molecule has 0 amide bonds. The van der Waals surface area contributed by atoms with Crippen molar-refractivity contribution in [1.29, 1.82) is 5.26 Å². The van der Waals surface area contributed by atoms with E-state index in [1.54, 1.807) is 0 Å². The molecule has 1 rings (SSSR count). The van der Waals surface area contributed by atoms with Crippen molar-refractivity contribution in [3.63, 3.8) is 0 Å². The molecule has 0 heterocycles. The fourth-order valence-corrected chi connectivity index (χ4v) is 3.24. The average molecular weight is 224 g/mol. The van der Waals surface area contributed by atoms with Gasteiger partial charge in [-0.25, -0.2) is 0 Å². The number of nitriles is 1. The quantitative estimate of drug-likeness (QED) is 0.719. The van der Waals surface area contributed by atoms with Crippen LogP contribution in [0.15, 0.2) is 0 Å². The zero-order chi connectivity index (χ0) is 12.2. The molecule has 0 spiro atoms. The van der Waals surface area contributed by atoms with E-state index in [9.17, 15) is 5.26 Å². The molecule has 2 atom stereocenters. The minimum absolute atomic E-state index is 0.188. The highest BCUT2D eigenvalue weighted by Gasteiger charge is 2.42. The highest BCUT2D eigenvalue weighted by Crippen LogP contribution is 2.43. The average Bonchev–Trinajstić information content (AvgIpc) is 2.15. The molecule has 0 aromatic heterocycles. The van der Waals surface area contributed by atoms with Crippen LogP contribution in [-0.4, -0.2) is 23.8 Å². The van der Waals surface area contributed by atoms with Gasteiger partial charge in [-0.15, -0.1) is 0 Å². The van der Waals surface area contributed by atoms with E-state index < -0.39 is 0 Å². The number of aliphatic hydroxyl groups is 1. The van der Waals surface area contributed by atoms with Crippen LogP contribution in [0.2, 0.25) is 0 Å². The molecule has 1 aliphatic carbocycles. The maximum absolute atomic E-state index is 9.42. The predicted molar refractivity (Wildman–Crippen MR) is 64.8 cm³/mol. The number of nitrogens with one attached hydrogen (secondary N) is 1. The van der Waals surface area contributed by atoms with Crippen molar-refractivity contribution in [3.8, 4) is 6.07 Å². The van der Waals surface area contributed by atoms with Gasteiger partial charge in [-0.3, -0.25) is 5.32 Å². The Morgan fingerprint density at radius 3 is 2.62 bits per heavy atom. The monoisotopic (exact) mass is 224 g/mol. The minimum atomic E-state index is -0.379. The van der Waals surface area contributed by atoms with E-state index in [1.807, 2.05) is 0 Å². The molecule has 1 fully saturated rings. The largest absolute Gasteiger partial charge is 0.396 e. The molecule has 1 saturated carbocycles. The van der Waals surface area contributed by atoms with Crippen LogP contribution in [0, 0.1) is 22.7 Å². The second kappa shape index (κ2) is 5.16. The van der Waals surface area contributed by atoms with Crippen molar-refractivity contribution < 1.29 is 5.11 Å². The summed E-state index contributed by atoms with van der Waals surface area (Å²) in [5.74, 6) is 0.588. The zero-order valence-electron chi connectivity index (χ0n) is 10.7. The molecule has 92 valence electrons. The fourth-order valence-electron chi connectivity index (χ4n) is 3.24. The summed E-state index contributed by atoms with van der Waals surface area (Å²) in [4.78, 5) is 0. The first-order valence-electron chi connectivity index (χ1n) is 6.20. The van der Waals surface area contributed by atoms with Gasteiger partial charge in [-0.05, 0) is 43.6 Å². The van der Waals surface area contributed by atoms with E-state index in [2.05, 4.69) is 32.2 Å². The van der Waals surface area contributed by atoms with Crippen molar-refractivity contribution in [2.75, 3.05) is 13.2 Å². The summed E-state index contributed by atoms with van der Waals surface area (Å²) in [6.07, 6.45) is 3.75. The van der Waals surface area contributed by atoms with Crippen LogP contribution in [0.1, 0.15) is 46.5 Å². The van der Waals surface area contributed by atoms with E-state index in [4.69, 9.17) is 5.11 Å². The van der Waals surface area contributed by atoms with E-state index >= 15 is 0 Å². The molecule has 0 aliphatic heterocycles. The molecular formula is C13H24N2O. The topological polar surface area (TPSA) is 56.0 Å². The summed E-state index contributed by atoms with van der Waals surface area (Å²) in [6, 6.07) is 2.47. The molecular weight excluding hydrogens is 200 g/mol. The van der Waals surface area contributed by atoms with Gasteiger partial charge in [0.05, 0.1) is 6.07 Å². The van der Waals surface area contributed by atoms with Gasteiger partial charge in [-0.2, -0.15) is 5.26 Å². The summed E-state index contributed by atoms with van der Waals surface area (Å²) in [5.41, 5.74) is -0.143. The third-order valence-electron chi connectivity index (χ3n) is 3.39. The molecule has 3 nitrogen and oxygen atoms in total. The molecule has 0 radical (unpaired) electrons. The predicted octanol–water partition coefficient (Wildman–Crippen LogP) is 2.07. The highest BCUT2D eigenvalue weighted by molar-refractivity contribution is 5.12. The Balaban J connectivity index is 2.67. The van der Waals surface area contributed by atoms with E-state index in [-0.39, 0.29) is 17.6 Å². The third kappa shape index (κ3) is 3.47. The van der Waals surface area contributed by atoms with Crippen LogP contribution < -0.4 is 5.32 Å². The smallest absolute Gasteiger partial charge is 0.107 e. The Labute approximate surface area is 98.8 Å². The van der Waals surface area contributed by atoms with Gasteiger partial charge in [-0.1, -0.05) is 20.8 Å². The summed E-state index contributed by atoms with van der Waals surface area (Å²) in [5, 5.41) is 21.6. The van der Waals surface area contributed by atoms with Crippen molar-refractivity contribution >= 4 is 0 Å². The second-order valence-corrected chi connectivity index (χ2v) is 6.05. The van der Waals surface area contributed by atoms with Gasteiger partial charge in [0.15, 0.2) is 0 Å². The lowest BCUT2D eigenvalue weighted by Gasteiger charge is -2.44. The lowest BCUT2D eigenvalue weighted by molar-refractivity contribution is 0.114. The summed E-state index contributed by atoms with van der Waals surface area (Å²) >= 11 is 0. The molecule has 1 aliphatic rings. The molecule has 3 heteroatoms. The van der Waals surface area contributed by atoms with E-state index in [0.29, 0.717) is 5.92 Å². The molecule has 0 saturated heterocycles. The third-order valence-corrected chi connectivity index (χ3v) is 3.39. The molecule has 0 aromatic rings. The highest BCUT2D eigenvalue weighted by atomic mass is 16.3. The van der Waals surface area contributed by atoms with Gasteiger partial charge in [0, 0.05) is 6.61 Å². The number of hydrogen-bond acceptors (Lipinski definition) is 3. The Morgan fingerprint density at radius 2 is 2.12 bits per heavy atom. The second-order valence-electron chi connectivity index (χ2n) is 6.05. The van der Waals surface area contributed by atoms with Crippen molar-refractivity contribution in [2.24, 2.45) is 11.3 Å². The van der Waals surface area contributed by atoms with Gasteiger partial charge < -0.3 is 5.11 Å². The lowest BCUT2D eigenvalue weighted by Crippen LogP contribution is -2.52. The Hall–Kier alpha value is -0.590. The first-order valence-corrected chi connectivity index (χ1v) is 6.20. The van der Waals surface area contributed by atoms with E-state index in [0.717, 1.165) is 25.8 Å².